The number of anilines is 1. The van der Waals surface area contributed by atoms with Gasteiger partial charge in [0.05, 0.1) is 13.2 Å². The van der Waals surface area contributed by atoms with Crippen molar-refractivity contribution in [3.05, 3.63) is 47.8 Å². The molecule has 1 atom stereocenters. The van der Waals surface area contributed by atoms with Crippen molar-refractivity contribution in [2.45, 2.75) is 19.9 Å². The number of methoxy groups -OCH3 is 1. The van der Waals surface area contributed by atoms with Gasteiger partial charge in [0.1, 0.15) is 5.75 Å². The number of hydrogen-bond donors (Lipinski definition) is 1. The van der Waals surface area contributed by atoms with Crippen molar-refractivity contribution < 1.29 is 4.74 Å². The van der Waals surface area contributed by atoms with E-state index in [9.17, 15) is 0 Å². The van der Waals surface area contributed by atoms with Gasteiger partial charge in [0.25, 0.3) is 0 Å². The lowest BCUT2D eigenvalue weighted by Crippen LogP contribution is -2.10. The van der Waals surface area contributed by atoms with Crippen molar-refractivity contribution in [3.63, 3.8) is 0 Å². The van der Waals surface area contributed by atoms with E-state index in [-0.39, 0.29) is 6.04 Å². The normalized spacial score (nSPS) is 11.9. The fourth-order valence-electron chi connectivity index (χ4n) is 1.81. The van der Waals surface area contributed by atoms with E-state index in [2.05, 4.69) is 22.2 Å². The lowest BCUT2D eigenvalue weighted by Gasteiger charge is -2.17. The molecule has 18 heavy (non-hydrogen) atoms. The summed E-state index contributed by atoms with van der Waals surface area (Å²) in [5, 5.41) is 3.27. The maximum absolute atomic E-state index is 5.35. The van der Waals surface area contributed by atoms with Crippen LogP contribution < -0.4 is 10.1 Å². The van der Waals surface area contributed by atoms with Gasteiger partial charge in [0, 0.05) is 17.5 Å². The Hall–Kier alpha value is -2.10. The molecule has 0 aliphatic heterocycles. The second-order valence-corrected chi connectivity index (χ2v) is 4.13. The molecule has 1 aromatic heterocycles. The minimum absolute atomic E-state index is 0.0861. The first kappa shape index (κ1) is 12.4. The van der Waals surface area contributed by atoms with E-state index in [1.165, 1.54) is 0 Å². The fourth-order valence-corrected chi connectivity index (χ4v) is 1.81. The van der Waals surface area contributed by atoms with E-state index >= 15 is 0 Å². The highest BCUT2D eigenvalue weighted by Gasteiger charge is 2.11. The van der Waals surface area contributed by atoms with Crippen molar-refractivity contribution in [1.82, 2.24) is 9.97 Å². The van der Waals surface area contributed by atoms with E-state index in [4.69, 9.17) is 4.74 Å². The Labute approximate surface area is 107 Å². The Balaban J connectivity index is 2.19. The second kappa shape index (κ2) is 5.49. The molecule has 0 radical (unpaired) electrons. The summed E-state index contributed by atoms with van der Waals surface area (Å²) in [7, 11) is 1.68. The molecule has 1 heterocycles. The molecule has 0 saturated carbocycles. The minimum Gasteiger partial charge on any atom is -0.496 e. The summed E-state index contributed by atoms with van der Waals surface area (Å²) < 4.78 is 5.35. The molecular weight excluding hydrogens is 226 g/mol. The number of aromatic nitrogens is 2. The van der Waals surface area contributed by atoms with Crippen LogP contribution in [-0.2, 0) is 0 Å². The summed E-state index contributed by atoms with van der Waals surface area (Å²) in [6.07, 6.45) is 1.75. The van der Waals surface area contributed by atoms with E-state index in [0.29, 0.717) is 5.95 Å². The third-order valence-corrected chi connectivity index (χ3v) is 2.75. The summed E-state index contributed by atoms with van der Waals surface area (Å²) >= 11 is 0. The Morgan fingerprint density at radius 3 is 2.72 bits per heavy atom. The van der Waals surface area contributed by atoms with E-state index in [1.54, 1.807) is 13.3 Å². The monoisotopic (exact) mass is 243 g/mol. The van der Waals surface area contributed by atoms with Crippen LogP contribution in [0.4, 0.5) is 5.95 Å². The van der Waals surface area contributed by atoms with Crippen LogP contribution in [0.2, 0.25) is 0 Å². The summed E-state index contributed by atoms with van der Waals surface area (Å²) in [6, 6.07) is 9.89. The molecule has 2 rings (SSSR count). The molecule has 1 aromatic carbocycles. The van der Waals surface area contributed by atoms with Crippen LogP contribution in [-0.4, -0.2) is 17.1 Å². The minimum atomic E-state index is 0.0861. The third kappa shape index (κ3) is 2.77. The first-order chi connectivity index (χ1) is 8.70. The highest BCUT2D eigenvalue weighted by molar-refractivity contribution is 5.40. The molecule has 1 N–H and O–H groups in total. The third-order valence-electron chi connectivity index (χ3n) is 2.75. The van der Waals surface area contributed by atoms with Crippen LogP contribution in [0.25, 0.3) is 0 Å². The topological polar surface area (TPSA) is 47.0 Å². The molecule has 0 fully saturated rings. The molecule has 2 aromatic rings. The fraction of sp³-hybridized carbons (Fsp3) is 0.286. The molecule has 0 spiro atoms. The zero-order valence-corrected chi connectivity index (χ0v) is 10.8. The average Bonchev–Trinajstić information content (AvgIpc) is 2.38. The molecule has 0 amide bonds. The van der Waals surface area contributed by atoms with Gasteiger partial charge in [-0.1, -0.05) is 18.2 Å². The Kier molecular flexibility index (Phi) is 3.77. The smallest absolute Gasteiger partial charge is 0.223 e. The molecule has 0 saturated heterocycles. The van der Waals surface area contributed by atoms with Gasteiger partial charge in [-0.15, -0.1) is 0 Å². The number of rotatable bonds is 4. The van der Waals surface area contributed by atoms with Gasteiger partial charge in [-0.25, -0.2) is 9.97 Å². The number of para-hydroxylation sites is 1. The zero-order valence-electron chi connectivity index (χ0n) is 10.8. The number of aryl methyl sites for hydroxylation is 1. The Morgan fingerprint density at radius 2 is 2.00 bits per heavy atom. The largest absolute Gasteiger partial charge is 0.496 e. The first-order valence-corrected chi connectivity index (χ1v) is 5.90. The standard InChI is InChI=1S/C14H17N3O/c1-10-8-9-15-14(16-10)17-11(2)12-6-4-5-7-13(12)18-3/h4-9,11H,1-3H3,(H,15,16,17)/t11-/m0/s1. The Morgan fingerprint density at radius 1 is 1.22 bits per heavy atom. The molecule has 0 bridgehead atoms. The van der Waals surface area contributed by atoms with Crippen LogP contribution in [0.15, 0.2) is 36.5 Å². The molecule has 0 aliphatic carbocycles. The SMILES string of the molecule is COc1ccccc1[C@H](C)Nc1nccc(C)n1. The van der Waals surface area contributed by atoms with Crippen LogP contribution in [0, 0.1) is 6.92 Å². The number of benzene rings is 1. The van der Waals surface area contributed by atoms with Crippen LogP contribution in [0.5, 0.6) is 5.75 Å². The molecule has 4 heteroatoms. The highest BCUT2D eigenvalue weighted by Crippen LogP contribution is 2.26. The van der Waals surface area contributed by atoms with Gasteiger partial charge in [-0.2, -0.15) is 0 Å². The average molecular weight is 243 g/mol. The van der Waals surface area contributed by atoms with Crippen molar-refractivity contribution in [1.29, 1.82) is 0 Å². The van der Waals surface area contributed by atoms with Crippen molar-refractivity contribution in [2.75, 3.05) is 12.4 Å². The number of nitrogens with zero attached hydrogens (tertiary/aromatic N) is 2. The molecule has 0 aliphatic rings. The van der Waals surface area contributed by atoms with Crippen molar-refractivity contribution in [2.24, 2.45) is 0 Å². The lowest BCUT2D eigenvalue weighted by molar-refractivity contribution is 0.408. The Bertz CT molecular complexity index is 528. The van der Waals surface area contributed by atoms with Crippen LogP contribution in [0.1, 0.15) is 24.2 Å². The molecule has 0 unspecified atom stereocenters. The molecule has 94 valence electrons. The lowest BCUT2D eigenvalue weighted by atomic mass is 10.1. The van der Waals surface area contributed by atoms with Crippen LogP contribution >= 0.6 is 0 Å². The van der Waals surface area contributed by atoms with E-state index in [1.807, 2.05) is 37.3 Å². The summed E-state index contributed by atoms with van der Waals surface area (Å²) in [5.74, 6) is 1.50. The predicted molar refractivity (Wildman–Crippen MR) is 71.8 cm³/mol. The van der Waals surface area contributed by atoms with Gasteiger partial charge in [-0.05, 0) is 26.0 Å². The summed E-state index contributed by atoms with van der Waals surface area (Å²) in [6.45, 7) is 4.00. The number of ether oxygens (including phenoxy) is 1. The van der Waals surface area contributed by atoms with Gasteiger partial charge >= 0.3 is 0 Å². The molecule has 4 nitrogen and oxygen atoms in total. The van der Waals surface area contributed by atoms with Gasteiger partial charge in [-0.3, -0.25) is 0 Å². The summed E-state index contributed by atoms with van der Waals surface area (Å²) in [4.78, 5) is 8.53. The van der Waals surface area contributed by atoms with Gasteiger partial charge < -0.3 is 10.1 Å². The molecular formula is C14H17N3O. The predicted octanol–water partition coefficient (Wildman–Crippen LogP) is 2.97. The van der Waals surface area contributed by atoms with Crippen molar-refractivity contribution >= 4 is 5.95 Å². The summed E-state index contributed by atoms with van der Waals surface area (Å²) in [5.41, 5.74) is 2.03. The van der Waals surface area contributed by atoms with Gasteiger partial charge in [0.2, 0.25) is 5.95 Å². The van der Waals surface area contributed by atoms with Crippen LogP contribution in [0.3, 0.4) is 0 Å². The maximum Gasteiger partial charge on any atom is 0.223 e. The number of nitrogens with one attached hydrogen (secondary N) is 1. The second-order valence-electron chi connectivity index (χ2n) is 4.13. The van der Waals surface area contributed by atoms with Crippen molar-refractivity contribution in [3.8, 4) is 5.75 Å². The highest BCUT2D eigenvalue weighted by atomic mass is 16.5. The number of hydrogen-bond acceptors (Lipinski definition) is 4. The van der Waals surface area contributed by atoms with Gasteiger partial charge in [0.15, 0.2) is 0 Å². The zero-order chi connectivity index (χ0) is 13.0. The first-order valence-electron chi connectivity index (χ1n) is 5.90. The van der Waals surface area contributed by atoms with E-state index in [0.717, 1.165) is 17.0 Å². The maximum atomic E-state index is 5.35. The van der Waals surface area contributed by atoms with E-state index < -0.39 is 0 Å². The quantitative estimate of drug-likeness (QED) is 0.896.